The SMILES string of the molecule is NCCC(O)Cc1cscn1. The van der Waals surface area contributed by atoms with Gasteiger partial charge in [-0.15, -0.1) is 11.3 Å². The molecule has 1 atom stereocenters. The van der Waals surface area contributed by atoms with Crippen molar-refractivity contribution < 1.29 is 5.11 Å². The zero-order valence-corrected chi connectivity index (χ0v) is 7.05. The van der Waals surface area contributed by atoms with Gasteiger partial charge < -0.3 is 10.8 Å². The number of aromatic nitrogens is 1. The molecule has 0 radical (unpaired) electrons. The van der Waals surface area contributed by atoms with Gasteiger partial charge in [-0.2, -0.15) is 0 Å². The second kappa shape index (κ2) is 4.43. The molecule has 0 aliphatic heterocycles. The Kier molecular flexibility index (Phi) is 3.48. The molecular weight excluding hydrogens is 160 g/mol. The Morgan fingerprint density at radius 1 is 1.73 bits per heavy atom. The molecule has 3 nitrogen and oxygen atoms in total. The second-order valence-electron chi connectivity index (χ2n) is 2.42. The van der Waals surface area contributed by atoms with Crippen molar-refractivity contribution in [2.45, 2.75) is 18.9 Å². The summed E-state index contributed by atoms with van der Waals surface area (Å²) in [5.41, 5.74) is 8.00. The van der Waals surface area contributed by atoms with Crippen molar-refractivity contribution in [3.05, 3.63) is 16.6 Å². The quantitative estimate of drug-likeness (QED) is 0.691. The van der Waals surface area contributed by atoms with E-state index in [9.17, 15) is 5.11 Å². The number of nitrogens with zero attached hydrogens (tertiary/aromatic N) is 1. The lowest BCUT2D eigenvalue weighted by Crippen LogP contribution is -2.15. The van der Waals surface area contributed by atoms with Crippen LogP contribution in [0.2, 0.25) is 0 Å². The number of thiazole rings is 1. The number of aliphatic hydroxyl groups is 1. The fourth-order valence-corrected chi connectivity index (χ4v) is 1.45. The summed E-state index contributed by atoms with van der Waals surface area (Å²) in [5.74, 6) is 0. The van der Waals surface area contributed by atoms with E-state index >= 15 is 0 Å². The molecule has 1 aromatic rings. The van der Waals surface area contributed by atoms with Crippen LogP contribution < -0.4 is 5.73 Å². The third-order valence-corrected chi connectivity index (χ3v) is 2.06. The fourth-order valence-electron chi connectivity index (χ4n) is 0.874. The van der Waals surface area contributed by atoms with Gasteiger partial charge in [-0.25, -0.2) is 4.98 Å². The number of rotatable bonds is 4. The minimum Gasteiger partial charge on any atom is -0.393 e. The van der Waals surface area contributed by atoms with E-state index in [4.69, 9.17) is 5.73 Å². The maximum absolute atomic E-state index is 9.31. The molecule has 4 heteroatoms. The maximum atomic E-state index is 9.31. The Balaban J connectivity index is 2.31. The maximum Gasteiger partial charge on any atom is 0.0794 e. The predicted octanol–water partition coefficient (Wildman–Crippen LogP) is 0.395. The first kappa shape index (κ1) is 8.64. The third-order valence-electron chi connectivity index (χ3n) is 1.43. The molecule has 0 saturated heterocycles. The van der Waals surface area contributed by atoms with Crippen LogP contribution in [0.4, 0.5) is 0 Å². The standard InChI is InChI=1S/C7H12N2OS/c8-2-1-7(10)3-6-4-11-5-9-6/h4-5,7,10H,1-3,8H2. The smallest absolute Gasteiger partial charge is 0.0794 e. The average Bonchev–Trinajstić information content (AvgIpc) is 2.40. The van der Waals surface area contributed by atoms with E-state index in [1.165, 1.54) is 0 Å². The molecule has 11 heavy (non-hydrogen) atoms. The molecular formula is C7H12N2OS. The van der Waals surface area contributed by atoms with Gasteiger partial charge >= 0.3 is 0 Å². The highest BCUT2D eigenvalue weighted by Gasteiger charge is 2.04. The predicted molar refractivity (Wildman–Crippen MR) is 45.5 cm³/mol. The lowest BCUT2D eigenvalue weighted by atomic mass is 10.1. The van der Waals surface area contributed by atoms with Gasteiger partial charge in [0, 0.05) is 11.8 Å². The topological polar surface area (TPSA) is 59.1 Å². The first-order chi connectivity index (χ1) is 5.33. The molecule has 0 aromatic carbocycles. The van der Waals surface area contributed by atoms with Crippen LogP contribution >= 0.6 is 11.3 Å². The molecule has 0 amide bonds. The van der Waals surface area contributed by atoms with Crippen molar-refractivity contribution in [2.75, 3.05) is 6.54 Å². The van der Waals surface area contributed by atoms with E-state index in [0.717, 1.165) is 5.69 Å². The van der Waals surface area contributed by atoms with Gasteiger partial charge in [-0.3, -0.25) is 0 Å². The van der Waals surface area contributed by atoms with Crippen LogP contribution in [0.5, 0.6) is 0 Å². The number of hydrogen-bond donors (Lipinski definition) is 2. The minimum atomic E-state index is -0.331. The minimum absolute atomic E-state index is 0.331. The molecule has 0 aliphatic carbocycles. The summed E-state index contributed by atoms with van der Waals surface area (Å²) in [6.07, 6.45) is 0.945. The Bertz CT molecular complexity index is 188. The molecule has 1 unspecified atom stereocenters. The average molecular weight is 172 g/mol. The summed E-state index contributed by atoms with van der Waals surface area (Å²) < 4.78 is 0. The normalized spacial score (nSPS) is 13.3. The van der Waals surface area contributed by atoms with Gasteiger partial charge in [0.25, 0.3) is 0 Å². The monoisotopic (exact) mass is 172 g/mol. The van der Waals surface area contributed by atoms with Crippen molar-refractivity contribution in [3.8, 4) is 0 Å². The number of aliphatic hydroxyl groups excluding tert-OH is 1. The number of nitrogens with two attached hydrogens (primary N) is 1. The highest BCUT2D eigenvalue weighted by atomic mass is 32.1. The van der Waals surface area contributed by atoms with E-state index < -0.39 is 0 Å². The van der Waals surface area contributed by atoms with E-state index in [-0.39, 0.29) is 6.10 Å². The van der Waals surface area contributed by atoms with Crippen LogP contribution in [0.25, 0.3) is 0 Å². The Morgan fingerprint density at radius 3 is 3.09 bits per heavy atom. The van der Waals surface area contributed by atoms with Crippen molar-refractivity contribution in [2.24, 2.45) is 5.73 Å². The molecule has 1 aromatic heterocycles. The highest BCUT2D eigenvalue weighted by molar-refractivity contribution is 7.07. The molecule has 1 heterocycles. The lowest BCUT2D eigenvalue weighted by molar-refractivity contribution is 0.166. The molecule has 0 fully saturated rings. The molecule has 1 rings (SSSR count). The van der Waals surface area contributed by atoms with Gasteiger partial charge in [0.1, 0.15) is 0 Å². The van der Waals surface area contributed by atoms with E-state index in [1.807, 2.05) is 5.38 Å². The van der Waals surface area contributed by atoms with Crippen molar-refractivity contribution in [3.63, 3.8) is 0 Å². The molecule has 0 aliphatic rings. The van der Waals surface area contributed by atoms with Gasteiger partial charge in [-0.05, 0) is 13.0 Å². The molecule has 3 N–H and O–H groups in total. The van der Waals surface area contributed by atoms with Crippen LogP contribution in [0.15, 0.2) is 10.9 Å². The van der Waals surface area contributed by atoms with Crippen LogP contribution in [0.1, 0.15) is 12.1 Å². The zero-order chi connectivity index (χ0) is 8.10. The largest absolute Gasteiger partial charge is 0.393 e. The molecule has 0 bridgehead atoms. The Hall–Kier alpha value is -0.450. The Labute approximate surface area is 69.9 Å². The second-order valence-corrected chi connectivity index (χ2v) is 3.13. The Morgan fingerprint density at radius 2 is 2.55 bits per heavy atom. The van der Waals surface area contributed by atoms with Crippen molar-refractivity contribution in [1.29, 1.82) is 0 Å². The first-order valence-corrected chi connectivity index (χ1v) is 4.52. The van der Waals surface area contributed by atoms with Crippen molar-refractivity contribution in [1.82, 2.24) is 4.98 Å². The van der Waals surface area contributed by atoms with Crippen LogP contribution in [-0.4, -0.2) is 22.7 Å². The summed E-state index contributed by atoms with van der Waals surface area (Å²) in [4.78, 5) is 4.06. The van der Waals surface area contributed by atoms with E-state index in [1.54, 1.807) is 16.8 Å². The molecule has 0 saturated carbocycles. The van der Waals surface area contributed by atoms with Gasteiger partial charge in [0.2, 0.25) is 0 Å². The van der Waals surface area contributed by atoms with Gasteiger partial charge in [0.15, 0.2) is 0 Å². The summed E-state index contributed by atoms with van der Waals surface area (Å²) in [5, 5.41) is 11.2. The van der Waals surface area contributed by atoms with E-state index in [2.05, 4.69) is 4.98 Å². The highest BCUT2D eigenvalue weighted by Crippen LogP contribution is 2.05. The van der Waals surface area contributed by atoms with Gasteiger partial charge in [0.05, 0.1) is 17.3 Å². The molecule has 62 valence electrons. The van der Waals surface area contributed by atoms with Crippen LogP contribution in [0.3, 0.4) is 0 Å². The van der Waals surface area contributed by atoms with E-state index in [0.29, 0.717) is 19.4 Å². The van der Waals surface area contributed by atoms with Crippen LogP contribution in [-0.2, 0) is 6.42 Å². The summed E-state index contributed by atoms with van der Waals surface area (Å²) >= 11 is 1.55. The lowest BCUT2D eigenvalue weighted by Gasteiger charge is -2.05. The number of hydrogen-bond acceptors (Lipinski definition) is 4. The molecule has 0 spiro atoms. The summed E-state index contributed by atoms with van der Waals surface area (Å²) in [6.45, 7) is 0.533. The summed E-state index contributed by atoms with van der Waals surface area (Å²) in [6, 6.07) is 0. The third kappa shape index (κ3) is 2.96. The zero-order valence-electron chi connectivity index (χ0n) is 6.23. The first-order valence-electron chi connectivity index (χ1n) is 3.58. The fraction of sp³-hybridized carbons (Fsp3) is 0.571. The van der Waals surface area contributed by atoms with Crippen molar-refractivity contribution >= 4 is 11.3 Å². The van der Waals surface area contributed by atoms with Crippen LogP contribution in [0, 0.1) is 0 Å². The summed E-state index contributed by atoms with van der Waals surface area (Å²) in [7, 11) is 0. The van der Waals surface area contributed by atoms with Gasteiger partial charge in [-0.1, -0.05) is 0 Å².